The molecule has 0 unspecified atom stereocenters. The number of hydrogen-bond acceptors (Lipinski definition) is 5. The molecule has 0 aliphatic rings. The van der Waals surface area contributed by atoms with Crippen molar-refractivity contribution in [1.29, 1.82) is 0 Å². The van der Waals surface area contributed by atoms with E-state index in [1.54, 1.807) is 0 Å². The molecule has 0 bridgehead atoms. The van der Waals surface area contributed by atoms with E-state index in [9.17, 15) is 19.8 Å². The molecule has 0 aromatic heterocycles. The lowest BCUT2D eigenvalue weighted by atomic mass is 10.0. The quantitative estimate of drug-likeness (QED) is 0.381. The second-order valence-electron chi connectivity index (χ2n) is 3.08. The molecule has 0 aromatic carbocycles. The largest absolute Gasteiger partial charge is 0.391 e. The third-order valence-electron chi connectivity index (χ3n) is 1.75. The highest BCUT2D eigenvalue weighted by Gasteiger charge is 2.30. The van der Waals surface area contributed by atoms with Crippen molar-refractivity contribution in [3.8, 4) is 0 Å². The number of aldehydes is 1. The van der Waals surface area contributed by atoms with Gasteiger partial charge in [0.25, 0.3) is 0 Å². The van der Waals surface area contributed by atoms with E-state index in [2.05, 4.69) is 5.32 Å². The Morgan fingerprint density at radius 2 is 1.86 bits per heavy atom. The van der Waals surface area contributed by atoms with Crippen molar-refractivity contribution < 1.29 is 24.9 Å². The first kappa shape index (κ1) is 13.0. The van der Waals surface area contributed by atoms with Gasteiger partial charge in [-0.15, -0.1) is 0 Å². The maximum Gasteiger partial charge on any atom is 0.217 e. The highest BCUT2D eigenvalue weighted by Crippen LogP contribution is 2.03. The van der Waals surface area contributed by atoms with Crippen molar-refractivity contribution in [2.24, 2.45) is 0 Å². The fraction of sp³-hybridized carbons (Fsp3) is 0.750. The number of hydrogen-bond donors (Lipinski definition) is 4. The van der Waals surface area contributed by atoms with E-state index in [4.69, 9.17) is 5.11 Å². The molecule has 6 nitrogen and oxygen atoms in total. The fourth-order valence-corrected chi connectivity index (χ4v) is 1.02. The average Bonchev–Trinajstić information content (AvgIpc) is 2.11. The summed E-state index contributed by atoms with van der Waals surface area (Å²) in [7, 11) is 0. The Bertz CT molecular complexity index is 206. The molecule has 0 rings (SSSR count). The van der Waals surface area contributed by atoms with Crippen molar-refractivity contribution >= 4 is 12.2 Å². The Morgan fingerprint density at radius 3 is 2.14 bits per heavy atom. The van der Waals surface area contributed by atoms with Crippen LogP contribution >= 0.6 is 0 Å². The van der Waals surface area contributed by atoms with Gasteiger partial charge >= 0.3 is 0 Å². The van der Waals surface area contributed by atoms with Crippen LogP contribution in [-0.2, 0) is 9.59 Å². The summed E-state index contributed by atoms with van der Waals surface area (Å²) < 4.78 is 0. The molecule has 14 heavy (non-hydrogen) atoms. The summed E-state index contributed by atoms with van der Waals surface area (Å²) in [6.45, 7) is 2.54. The van der Waals surface area contributed by atoms with Crippen LogP contribution in [0, 0.1) is 0 Å². The lowest BCUT2D eigenvalue weighted by Gasteiger charge is -2.27. The standard InChI is InChI=1S/C8H15NO5/c1-4(11)7(9-5(2)12)8(14)6(13)3-10/h3-4,6-8,11,13-14H,1-2H3,(H,9,12)/t4-,6-,7-,8-/m1/s1. The molecule has 0 aliphatic heterocycles. The average molecular weight is 205 g/mol. The van der Waals surface area contributed by atoms with Crippen LogP contribution in [0.4, 0.5) is 0 Å². The van der Waals surface area contributed by atoms with Crippen molar-refractivity contribution in [1.82, 2.24) is 5.32 Å². The number of amides is 1. The Kier molecular flexibility index (Phi) is 5.29. The molecule has 6 heteroatoms. The zero-order chi connectivity index (χ0) is 11.3. The number of rotatable bonds is 5. The molecule has 0 fully saturated rings. The van der Waals surface area contributed by atoms with E-state index >= 15 is 0 Å². The Balaban J connectivity index is 4.47. The van der Waals surface area contributed by atoms with Crippen LogP contribution in [0.15, 0.2) is 0 Å². The summed E-state index contributed by atoms with van der Waals surface area (Å²) >= 11 is 0. The molecule has 4 atom stereocenters. The highest BCUT2D eigenvalue weighted by molar-refractivity contribution is 5.73. The van der Waals surface area contributed by atoms with E-state index in [0.29, 0.717) is 0 Å². The molecule has 0 saturated heterocycles. The second kappa shape index (κ2) is 5.69. The Labute approximate surface area is 81.5 Å². The van der Waals surface area contributed by atoms with Gasteiger partial charge in [-0.05, 0) is 6.92 Å². The highest BCUT2D eigenvalue weighted by atomic mass is 16.3. The van der Waals surface area contributed by atoms with Gasteiger partial charge in [0.1, 0.15) is 12.2 Å². The van der Waals surface area contributed by atoms with Crippen molar-refractivity contribution in [2.45, 2.75) is 38.2 Å². The van der Waals surface area contributed by atoms with E-state index in [0.717, 1.165) is 0 Å². The monoisotopic (exact) mass is 205 g/mol. The van der Waals surface area contributed by atoms with Crippen LogP contribution < -0.4 is 5.32 Å². The fourth-order valence-electron chi connectivity index (χ4n) is 1.02. The third-order valence-corrected chi connectivity index (χ3v) is 1.75. The summed E-state index contributed by atoms with van der Waals surface area (Å²) in [5.74, 6) is -0.465. The van der Waals surface area contributed by atoms with Gasteiger partial charge < -0.3 is 25.4 Å². The first-order valence-corrected chi connectivity index (χ1v) is 4.16. The maximum absolute atomic E-state index is 10.7. The van der Waals surface area contributed by atoms with Gasteiger partial charge in [-0.2, -0.15) is 0 Å². The van der Waals surface area contributed by atoms with Gasteiger partial charge in [0.2, 0.25) is 5.91 Å². The molecule has 0 aliphatic carbocycles. The molecule has 0 radical (unpaired) electrons. The van der Waals surface area contributed by atoms with Gasteiger partial charge in [0, 0.05) is 6.92 Å². The van der Waals surface area contributed by atoms with E-state index < -0.39 is 30.3 Å². The van der Waals surface area contributed by atoms with Crippen molar-refractivity contribution in [3.63, 3.8) is 0 Å². The molecule has 0 saturated carbocycles. The van der Waals surface area contributed by atoms with Gasteiger partial charge in [0.05, 0.1) is 12.1 Å². The summed E-state index contributed by atoms with van der Waals surface area (Å²) in [6.07, 6.45) is -4.07. The number of carbonyl (C=O) groups is 2. The first-order chi connectivity index (χ1) is 6.40. The predicted octanol–water partition coefficient (Wildman–Crippen LogP) is -2.21. The van der Waals surface area contributed by atoms with Crippen LogP contribution in [-0.4, -0.2) is 51.9 Å². The lowest BCUT2D eigenvalue weighted by Crippen LogP contribution is -2.53. The zero-order valence-corrected chi connectivity index (χ0v) is 8.04. The number of carbonyl (C=O) groups excluding carboxylic acids is 2. The van der Waals surface area contributed by atoms with Crippen LogP contribution in [0.25, 0.3) is 0 Å². The molecular weight excluding hydrogens is 190 g/mol. The molecule has 4 N–H and O–H groups in total. The van der Waals surface area contributed by atoms with E-state index in [1.807, 2.05) is 0 Å². The summed E-state index contributed by atoms with van der Waals surface area (Å²) in [6, 6.07) is -1.06. The van der Waals surface area contributed by atoms with Gasteiger partial charge in [0.15, 0.2) is 6.29 Å². The Hall–Kier alpha value is -0.980. The maximum atomic E-state index is 10.7. The lowest BCUT2D eigenvalue weighted by molar-refractivity contribution is -0.128. The van der Waals surface area contributed by atoms with Gasteiger partial charge in [-0.3, -0.25) is 4.79 Å². The van der Waals surface area contributed by atoms with Crippen LogP contribution in [0.5, 0.6) is 0 Å². The van der Waals surface area contributed by atoms with Crippen LogP contribution in [0.3, 0.4) is 0 Å². The predicted molar refractivity (Wildman–Crippen MR) is 47.4 cm³/mol. The van der Waals surface area contributed by atoms with Crippen molar-refractivity contribution in [2.75, 3.05) is 0 Å². The summed E-state index contributed by atoms with van der Waals surface area (Å²) in [4.78, 5) is 20.8. The topological polar surface area (TPSA) is 107 Å². The second-order valence-corrected chi connectivity index (χ2v) is 3.08. The van der Waals surface area contributed by atoms with E-state index in [1.165, 1.54) is 13.8 Å². The van der Waals surface area contributed by atoms with Gasteiger partial charge in [-0.25, -0.2) is 0 Å². The molecule has 0 aromatic rings. The normalized spacial score (nSPS) is 19.2. The zero-order valence-electron chi connectivity index (χ0n) is 8.04. The first-order valence-electron chi connectivity index (χ1n) is 4.16. The molecule has 82 valence electrons. The Morgan fingerprint density at radius 1 is 1.36 bits per heavy atom. The van der Waals surface area contributed by atoms with Crippen LogP contribution in [0.1, 0.15) is 13.8 Å². The summed E-state index contributed by atoms with van der Waals surface area (Å²) in [5.41, 5.74) is 0. The molecule has 1 amide bonds. The molecule has 0 spiro atoms. The minimum Gasteiger partial charge on any atom is -0.391 e. The number of aliphatic hydroxyl groups is 3. The van der Waals surface area contributed by atoms with Crippen LogP contribution in [0.2, 0.25) is 0 Å². The minimum atomic E-state index is -1.62. The number of aliphatic hydroxyl groups excluding tert-OH is 3. The van der Waals surface area contributed by atoms with Gasteiger partial charge in [-0.1, -0.05) is 0 Å². The minimum absolute atomic E-state index is 0.141. The number of nitrogens with one attached hydrogen (secondary N) is 1. The molecule has 0 heterocycles. The third kappa shape index (κ3) is 3.82. The molecular formula is C8H15NO5. The SMILES string of the molecule is CC(=O)N[C@@H]([C@H](O)[C@H](O)C=O)[C@@H](C)O. The van der Waals surface area contributed by atoms with E-state index in [-0.39, 0.29) is 6.29 Å². The van der Waals surface area contributed by atoms with Crippen molar-refractivity contribution in [3.05, 3.63) is 0 Å². The summed E-state index contributed by atoms with van der Waals surface area (Å²) in [5, 5.41) is 29.7. The smallest absolute Gasteiger partial charge is 0.217 e.